The highest BCUT2D eigenvalue weighted by Gasteiger charge is 2.39. The first-order chi connectivity index (χ1) is 15.4. The lowest BCUT2D eigenvalue weighted by molar-refractivity contribution is -0.139. The molecule has 1 aromatic carbocycles. The Hall–Kier alpha value is -2.15. The van der Waals surface area contributed by atoms with E-state index in [0.717, 1.165) is 58.3 Å². The molecule has 2 fully saturated rings. The summed E-state index contributed by atoms with van der Waals surface area (Å²) in [7, 11) is 2.08. The number of amides is 2. The van der Waals surface area contributed by atoms with Crippen LogP contribution in [0.1, 0.15) is 51.9 Å². The van der Waals surface area contributed by atoms with Gasteiger partial charge in [0, 0.05) is 57.5 Å². The Balaban J connectivity index is 1.62. The van der Waals surface area contributed by atoms with E-state index in [2.05, 4.69) is 18.9 Å². The number of rotatable bonds is 9. The van der Waals surface area contributed by atoms with Crippen LogP contribution in [0.5, 0.6) is 5.75 Å². The van der Waals surface area contributed by atoms with Gasteiger partial charge in [-0.2, -0.15) is 0 Å². The molecule has 0 N–H and O–H groups in total. The molecule has 0 spiro atoms. The Morgan fingerprint density at radius 2 is 1.56 bits per heavy atom. The maximum atomic E-state index is 13.2. The van der Waals surface area contributed by atoms with Gasteiger partial charge >= 0.3 is 0 Å². The molecule has 2 saturated heterocycles. The number of likely N-dealkylation sites (N-methyl/N-ethyl adjacent to an activating group) is 1. The minimum absolute atomic E-state index is 0.170. The van der Waals surface area contributed by atoms with E-state index in [1.807, 2.05) is 9.80 Å². The zero-order valence-corrected chi connectivity index (χ0v) is 19.7. The molecule has 0 saturated carbocycles. The monoisotopic (exact) mass is 447 g/mol. The number of hydrogen-bond acceptors (Lipinski definition) is 4. The fourth-order valence-electron chi connectivity index (χ4n) is 4.54. The highest BCUT2D eigenvalue weighted by molar-refractivity contribution is 5.78. The molecule has 178 valence electrons. The van der Waals surface area contributed by atoms with E-state index >= 15 is 0 Å². The molecule has 6 nitrogen and oxygen atoms in total. The highest BCUT2D eigenvalue weighted by Crippen LogP contribution is 2.37. The molecular formula is C25H38FN3O3. The van der Waals surface area contributed by atoms with E-state index in [0.29, 0.717) is 38.3 Å². The summed E-state index contributed by atoms with van der Waals surface area (Å²) in [6.45, 7) is 7.16. The van der Waals surface area contributed by atoms with Crippen LogP contribution in [0.15, 0.2) is 24.3 Å². The predicted octanol–water partition coefficient (Wildman–Crippen LogP) is 3.56. The highest BCUT2D eigenvalue weighted by atomic mass is 19.1. The lowest BCUT2D eigenvalue weighted by atomic mass is 9.75. The topological polar surface area (TPSA) is 53.1 Å². The van der Waals surface area contributed by atoms with E-state index in [4.69, 9.17) is 4.74 Å². The second-order valence-corrected chi connectivity index (χ2v) is 9.44. The van der Waals surface area contributed by atoms with Gasteiger partial charge in [-0.15, -0.1) is 0 Å². The second kappa shape index (κ2) is 11.6. The largest absolute Gasteiger partial charge is 0.493 e. The number of halogens is 1. The normalized spacial score (nSPS) is 19.1. The fraction of sp³-hybridized carbons (Fsp3) is 0.680. The molecule has 1 aromatic rings. The van der Waals surface area contributed by atoms with Crippen molar-refractivity contribution in [3.63, 3.8) is 0 Å². The van der Waals surface area contributed by atoms with Crippen molar-refractivity contribution in [3.05, 3.63) is 30.1 Å². The van der Waals surface area contributed by atoms with Gasteiger partial charge in [-0.1, -0.05) is 19.8 Å². The van der Waals surface area contributed by atoms with Crippen molar-refractivity contribution >= 4 is 11.8 Å². The first-order valence-corrected chi connectivity index (χ1v) is 12.0. The molecular weight excluding hydrogens is 409 g/mol. The molecule has 3 rings (SSSR count). The number of piperazine rings is 1. The summed E-state index contributed by atoms with van der Waals surface area (Å²) >= 11 is 0. The molecule has 0 unspecified atom stereocenters. The van der Waals surface area contributed by atoms with Gasteiger partial charge < -0.3 is 19.4 Å². The maximum absolute atomic E-state index is 13.2. The number of piperidine rings is 1. The summed E-state index contributed by atoms with van der Waals surface area (Å²) in [5.74, 6) is 0.698. The van der Waals surface area contributed by atoms with E-state index in [-0.39, 0.29) is 23.0 Å². The van der Waals surface area contributed by atoms with Crippen LogP contribution < -0.4 is 4.74 Å². The molecule has 2 aliphatic heterocycles. The Kier molecular flexibility index (Phi) is 8.91. The quantitative estimate of drug-likeness (QED) is 0.543. The Morgan fingerprint density at radius 3 is 2.19 bits per heavy atom. The number of ether oxygens (including phenoxy) is 1. The lowest BCUT2D eigenvalue weighted by Gasteiger charge is -2.43. The molecule has 0 aromatic heterocycles. The average Bonchev–Trinajstić information content (AvgIpc) is 2.80. The van der Waals surface area contributed by atoms with Crippen molar-refractivity contribution < 1.29 is 18.7 Å². The van der Waals surface area contributed by atoms with Gasteiger partial charge in [0.15, 0.2) is 0 Å². The SMILES string of the molecule is CCCCCC(=O)N1CCC(COc2ccc(F)cc2)(CC(=O)N2CCN(C)CC2)CC1. The molecule has 2 heterocycles. The van der Waals surface area contributed by atoms with E-state index in [1.54, 1.807) is 12.1 Å². The third-order valence-corrected chi connectivity index (χ3v) is 6.91. The van der Waals surface area contributed by atoms with Gasteiger partial charge in [-0.3, -0.25) is 9.59 Å². The second-order valence-electron chi connectivity index (χ2n) is 9.44. The third-order valence-electron chi connectivity index (χ3n) is 6.91. The minimum atomic E-state index is -0.310. The van der Waals surface area contributed by atoms with Crippen LogP contribution in [0, 0.1) is 11.2 Å². The van der Waals surface area contributed by atoms with Crippen molar-refractivity contribution in [2.75, 3.05) is 52.9 Å². The predicted molar refractivity (Wildman–Crippen MR) is 123 cm³/mol. The van der Waals surface area contributed by atoms with Crippen molar-refractivity contribution in [2.45, 2.75) is 51.9 Å². The Labute approximate surface area is 191 Å². The van der Waals surface area contributed by atoms with E-state index in [9.17, 15) is 14.0 Å². The van der Waals surface area contributed by atoms with Gasteiger partial charge in [0.2, 0.25) is 11.8 Å². The molecule has 0 aliphatic carbocycles. The molecule has 7 heteroatoms. The van der Waals surface area contributed by atoms with Crippen molar-refractivity contribution in [2.24, 2.45) is 5.41 Å². The number of unbranched alkanes of at least 4 members (excludes halogenated alkanes) is 2. The zero-order chi connectivity index (χ0) is 23.0. The number of benzene rings is 1. The molecule has 2 amide bonds. The smallest absolute Gasteiger partial charge is 0.223 e. The van der Waals surface area contributed by atoms with Gasteiger partial charge in [0.05, 0.1) is 6.61 Å². The standard InChI is InChI=1S/C25H38FN3O3/c1-3-4-5-6-23(30)28-13-11-25(12-14-28,20-32-22-9-7-21(26)8-10-22)19-24(31)29-17-15-27(2)16-18-29/h7-10H,3-6,11-20H2,1-2H3. The van der Waals surface area contributed by atoms with Crippen LogP contribution in [0.3, 0.4) is 0 Å². The van der Waals surface area contributed by atoms with E-state index < -0.39 is 0 Å². The maximum Gasteiger partial charge on any atom is 0.223 e. The average molecular weight is 448 g/mol. The third kappa shape index (κ3) is 6.92. The number of carbonyl (C=O) groups is 2. The molecule has 0 bridgehead atoms. The van der Waals surface area contributed by atoms with Crippen LogP contribution >= 0.6 is 0 Å². The molecule has 0 radical (unpaired) electrons. The number of carbonyl (C=O) groups excluding carboxylic acids is 2. The molecule has 2 aliphatic rings. The first kappa shape index (κ1) is 24.5. The van der Waals surface area contributed by atoms with Gasteiger partial charge in [0.25, 0.3) is 0 Å². The van der Waals surface area contributed by atoms with Gasteiger partial charge in [-0.25, -0.2) is 4.39 Å². The molecule has 0 atom stereocenters. The fourth-order valence-corrected chi connectivity index (χ4v) is 4.54. The number of nitrogens with zero attached hydrogens (tertiary/aromatic N) is 3. The van der Waals surface area contributed by atoms with E-state index in [1.165, 1.54) is 12.1 Å². The summed E-state index contributed by atoms with van der Waals surface area (Å²) in [6.07, 6.45) is 5.63. The van der Waals surface area contributed by atoms with Crippen molar-refractivity contribution in [3.8, 4) is 5.75 Å². The Morgan fingerprint density at radius 1 is 0.938 bits per heavy atom. The van der Waals surface area contributed by atoms with Crippen LogP contribution in [0.2, 0.25) is 0 Å². The van der Waals surface area contributed by atoms with Crippen molar-refractivity contribution in [1.82, 2.24) is 14.7 Å². The summed E-state index contributed by atoms with van der Waals surface area (Å²) in [4.78, 5) is 31.9. The van der Waals surface area contributed by atoms with Crippen LogP contribution in [-0.2, 0) is 9.59 Å². The summed E-state index contributed by atoms with van der Waals surface area (Å²) in [6, 6.07) is 6.01. The Bertz CT molecular complexity index is 739. The zero-order valence-electron chi connectivity index (χ0n) is 19.7. The number of hydrogen-bond donors (Lipinski definition) is 0. The van der Waals surface area contributed by atoms with Crippen LogP contribution in [-0.4, -0.2) is 79.4 Å². The van der Waals surface area contributed by atoms with Crippen molar-refractivity contribution in [1.29, 1.82) is 0 Å². The number of likely N-dealkylation sites (tertiary alicyclic amines) is 1. The van der Waals surface area contributed by atoms with Crippen LogP contribution in [0.25, 0.3) is 0 Å². The summed E-state index contributed by atoms with van der Waals surface area (Å²) in [5, 5.41) is 0. The molecule has 32 heavy (non-hydrogen) atoms. The first-order valence-electron chi connectivity index (χ1n) is 12.0. The van der Waals surface area contributed by atoms with Gasteiger partial charge in [0.1, 0.15) is 11.6 Å². The summed E-state index contributed by atoms with van der Waals surface area (Å²) < 4.78 is 19.3. The van der Waals surface area contributed by atoms with Gasteiger partial charge in [-0.05, 0) is 50.6 Å². The minimum Gasteiger partial charge on any atom is -0.493 e. The lowest BCUT2D eigenvalue weighted by Crippen LogP contribution is -2.51. The van der Waals surface area contributed by atoms with Crippen LogP contribution in [0.4, 0.5) is 4.39 Å². The summed E-state index contributed by atoms with van der Waals surface area (Å²) in [5.41, 5.74) is -0.310.